The molecule has 0 saturated heterocycles. The van der Waals surface area contributed by atoms with Crippen molar-refractivity contribution in [3.8, 4) is 11.5 Å². The number of rotatable bonds is 10. The number of nitrogen functional groups attached to an aromatic ring is 1. The number of hydrogen-bond acceptors (Lipinski definition) is 7. The number of nitrogens with zero attached hydrogens (tertiary/aromatic N) is 3. The predicted octanol–water partition coefficient (Wildman–Crippen LogP) is 4.45. The Morgan fingerprint density at radius 2 is 1.79 bits per heavy atom. The number of aliphatic imine (C=N–C) groups is 1. The lowest BCUT2D eigenvalue weighted by atomic mass is 10.0. The first-order valence-electron chi connectivity index (χ1n) is 11.5. The zero-order valence-electron chi connectivity index (χ0n) is 20.4. The highest BCUT2D eigenvalue weighted by Gasteiger charge is 2.26. The van der Waals surface area contributed by atoms with Gasteiger partial charge in [-0.1, -0.05) is 24.3 Å². The van der Waals surface area contributed by atoms with Gasteiger partial charge < -0.3 is 15.6 Å². The number of amidine groups is 1. The van der Waals surface area contributed by atoms with Gasteiger partial charge in [0, 0.05) is 24.0 Å². The number of ether oxygens (including phenoxy) is 1. The van der Waals surface area contributed by atoms with Crippen molar-refractivity contribution in [3.63, 3.8) is 0 Å². The zero-order valence-corrected chi connectivity index (χ0v) is 21.2. The quantitative estimate of drug-likeness (QED) is 0.201. The number of fused-ring (bicyclic) bond motifs is 1. The second-order valence-corrected chi connectivity index (χ2v) is 10.2. The van der Waals surface area contributed by atoms with Crippen molar-refractivity contribution in [2.24, 2.45) is 10.7 Å². The molecule has 4 aromatic rings. The standard InChI is InChI=1S/C27H25N5O5S/c1-2-30-25-15-24(11-12-31-25)37-23-9-7-22(8-10-23)32(38(35,36)17-26(33)34)16-18-3-4-19-5-6-20(27(28)29)14-21(19)13-18/h2-15H,16-17H2,1H3,(H3,28,29)(H,33,34). The van der Waals surface area contributed by atoms with E-state index in [-0.39, 0.29) is 18.1 Å². The molecule has 194 valence electrons. The number of benzene rings is 3. The molecule has 4 rings (SSSR count). The normalized spacial score (nSPS) is 11.5. The summed E-state index contributed by atoms with van der Waals surface area (Å²) in [6.45, 7) is 1.68. The maximum Gasteiger partial charge on any atom is 0.320 e. The van der Waals surface area contributed by atoms with Gasteiger partial charge in [0.25, 0.3) is 0 Å². The van der Waals surface area contributed by atoms with Gasteiger partial charge in [-0.3, -0.25) is 14.5 Å². The third-order valence-electron chi connectivity index (χ3n) is 5.52. The van der Waals surface area contributed by atoms with E-state index in [0.717, 1.165) is 15.1 Å². The van der Waals surface area contributed by atoms with E-state index in [1.807, 2.05) is 12.1 Å². The molecule has 0 saturated carbocycles. The van der Waals surface area contributed by atoms with Crippen molar-refractivity contribution < 1.29 is 23.1 Å². The number of aliphatic carboxylic acids is 1. The summed E-state index contributed by atoms with van der Waals surface area (Å²) in [5.41, 5.74) is 7.06. The van der Waals surface area contributed by atoms with Gasteiger partial charge in [-0.2, -0.15) is 0 Å². The Labute approximate surface area is 219 Å². The summed E-state index contributed by atoms with van der Waals surface area (Å²) in [6.07, 6.45) is 3.18. The summed E-state index contributed by atoms with van der Waals surface area (Å²) < 4.78 is 33.1. The van der Waals surface area contributed by atoms with Crippen LogP contribution in [0.3, 0.4) is 0 Å². The van der Waals surface area contributed by atoms with Crippen LogP contribution in [0.5, 0.6) is 11.5 Å². The average molecular weight is 532 g/mol. The van der Waals surface area contributed by atoms with Crippen LogP contribution in [0.25, 0.3) is 10.8 Å². The van der Waals surface area contributed by atoms with E-state index < -0.39 is 21.7 Å². The van der Waals surface area contributed by atoms with Crippen LogP contribution in [0.15, 0.2) is 84.0 Å². The van der Waals surface area contributed by atoms with Gasteiger partial charge in [-0.15, -0.1) is 0 Å². The second kappa shape index (κ2) is 11.1. The van der Waals surface area contributed by atoms with Crippen molar-refractivity contribution in [2.45, 2.75) is 13.5 Å². The minimum Gasteiger partial charge on any atom is -0.480 e. The molecule has 1 aromatic heterocycles. The van der Waals surface area contributed by atoms with Crippen LogP contribution in [-0.2, 0) is 21.4 Å². The third-order valence-corrected chi connectivity index (χ3v) is 7.15. The molecular weight excluding hydrogens is 506 g/mol. The number of aromatic nitrogens is 1. The molecule has 3 aromatic carbocycles. The average Bonchev–Trinajstić information content (AvgIpc) is 2.87. The predicted molar refractivity (Wildman–Crippen MR) is 147 cm³/mol. The first-order valence-corrected chi connectivity index (χ1v) is 13.1. The van der Waals surface area contributed by atoms with Crippen LogP contribution < -0.4 is 14.8 Å². The summed E-state index contributed by atoms with van der Waals surface area (Å²) in [4.78, 5) is 19.6. The molecule has 0 atom stereocenters. The van der Waals surface area contributed by atoms with Crippen molar-refractivity contribution in [1.82, 2.24) is 4.98 Å². The van der Waals surface area contributed by atoms with E-state index >= 15 is 0 Å². The van der Waals surface area contributed by atoms with E-state index in [2.05, 4.69) is 9.98 Å². The van der Waals surface area contributed by atoms with E-state index in [0.29, 0.717) is 28.4 Å². The minimum absolute atomic E-state index is 0.0774. The Balaban J connectivity index is 1.65. The highest BCUT2D eigenvalue weighted by atomic mass is 32.2. The molecular formula is C27H25N5O5S. The van der Waals surface area contributed by atoms with Crippen molar-refractivity contribution in [1.29, 1.82) is 5.41 Å². The second-order valence-electron chi connectivity index (χ2n) is 8.30. The fraction of sp³-hybridized carbons (Fsp3) is 0.111. The van der Waals surface area contributed by atoms with Gasteiger partial charge >= 0.3 is 5.97 Å². The Morgan fingerprint density at radius 1 is 1.05 bits per heavy atom. The van der Waals surface area contributed by atoms with Crippen LogP contribution in [0.1, 0.15) is 18.1 Å². The van der Waals surface area contributed by atoms with Gasteiger partial charge in [0.2, 0.25) is 10.0 Å². The summed E-state index contributed by atoms with van der Waals surface area (Å²) in [5, 5.41) is 18.6. The van der Waals surface area contributed by atoms with Crippen LogP contribution in [0, 0.1) is 5.41 Å². The summed E-state index contributed by atoms with van der Waals surface area (Å²) in [6, 6.07) is 20.3. The highest BCUT2D eigenvalue weighted by molar-refractivity contribution is 7.93. The lowest BCUT2D eigenvalue weighted by Gasteiger charge is -2.24. The number of carbonyl (C=O) groups is 1. The number of carboxylic acid groups (broad SMARTS) is 1. The smallest absolute Gasteiger partial charge is 0.320 e. The van der Waals surface area contributed by atoms with Gasteiger partial charge in [-0.25, -0.2) is 18.4 Å². The molecule has 1 heterocycles. The highest BCUT2D eigenvalue weighted by Crippen LogP contribution is 2.29. The molecule has 0 bridgehead atoms. The lowest BCUT2D eigenvalue weighted by molar-refractivity contribution is -0.134. The molecule has 10 nitrogen and oxygen atoms in total. The molecule has 4 N–H and O–H groups in total. The van der Waals surface area contributed by atoms with E-state index in [1.165, 1.54) is 0 Å². The van der Waals surface area contributed by atoms with Crippen molar-refractivity contribution >= 4 is 50.3 Å². The first kappa shape index (κ1) is 26.3. The van der Waals surface area contributed by atoms with Gasteiger partial charge in [0.1, 0.15) is 17.3 Å². The molecule has 11 heteroatoms. The van der Waals surface area contributed by atoms with Gasteiger partial charge in [0.15, 0.2) is 11.6 Å². The number of hydrogen-bond donors (Lipinski definition) is 3. The fourth-order valence-corrected chi connectivity index (χ4v) is 5.05. The van der Waals surface area contributed by atoms with Gasteiger partial charge in [0.05, 0.1) is 12.2 Å². The van der Waals surface area contributed by atoms with E-state index in [9.17, 15) is 18.3 Å². The fourth-order valence-electron chi connectivity index (χ4n) is 3.79. The summed E-state index contributed by atoms with van der Waals surface area (Å²) >= 11 is 0. The summed E-state index contributed by atoms with van der Waals surface area (Å²) in [7, 11) is -4.22. The SMILES string of the molecule is CC=Nc1cc(Oc2ccc(N(Cc3ccc4ccc(C(=N)N)cc4c3)S(=O)(=O)CC(=O)O)cc2)ccn1. The first-order chi connectivity index (χ1) is 18.1. The summed E-state index contributed by atoms with van der Waals surface area (Å²) in [5.74, 6) is -1.16. The maximum absolute atomic E-state index is 13.1. The number of pyridine rings is 1. The molecule has 0 aliphatic rings. The van der Waals surface area contributed by atoms with Crippen molar-refractivity contribution in [2.75, 3.05) is 10.1 Å². The van der Waals surface area contributed by atoms with Crippen LogP contribution >= 0.6 is 0 Å². The largest absolute Gasteiger partial charge is 0.480 e. The Morgan fingerprint density at radius 3 is 2.47 bits per heavy atom. The molecule has 0 spiro atoms. The monoisotopic (exact) mass is 531 g/mol. The number of carboxylic acids is 1. The number of nitrogens with one attached hydrogen (secondary N) is 1. The Kier molecular flexibility index (Phi) is 7.68. The molecule has 0 fully saturated rings. The topological polar surface area (TPSA) is 159 Å². The molecule has 0 aliphatic carbocycles. The molecule has 0 radical (unpaired) electrons. The third kappa shape index (κ3) is 6.31. The van der Waals surface area contributed by atoms with Crippen molar-refractivity contribution in [3.05, 3.63) is 90.1 Å². The number of nitrogens with two attached hydrogens (primary N) is 1. The Bertz CT molecular complexity index is 1640. The maximum atomic E-state index is 13.1. The molecule has 38 heavy (non-hydrogen) atoms. The molecule has 0 unspecified atom stereocenters. The minimum atomic E-state index is -4.22. The van der Waals surface area contributed by atoms with Crippen LogP contribution in [-0.4, -0.2) is 42.3 Å². The van der Waals surface area contributed by atoms with Crippen LogP contribution in [0.2, 0.25) is 0 Å². The zero-order chi connectivity index (χ0) is 27.3. The molecule has 0 aliphatic heterocycles. The number of anilines is 1. The lowest BCUT2D eigenvalue weighted by Crippen LogP contribution is -2.35. The van der Waals surface area contributed by atoms with Gasteiger partial charge in [-0.05, 0) is 65.7 Å². The number of sulfonamides is 1. The molecule has 0 amide bonds. The van der Waals surface area contributed by atoms with E-state index in [1.54, 1.807) is 80.0 Å². The van der Waals surface area contributed by atoms with E-state index in [4.69, 9.17) is 15.9 Å². The van der Waals surface area contributed by atoms with Crippen LogP contribution in [0.4, 0.5) is 11.5 Å². The Hall–Kier alpha value is -4.77.